The van der Waals surface area contributed by atoms with Crippen molar-refractivity contribution in [1.82, 2.24) is 25.4 Å². The van der Waals surface area contributed by atoms with Crippen LogP contribution < -0.4 is 20.1 Å². The zero-order valence-electron chi connectivity index (χ0n) is 16.9. The Morgan fingerprint density at radius 3 is 2.88 bits per heavy atom. The second kappa shape index (κ2) is 7.62. The van der Waals surface area contributed by atoms with Crippen LogP contribution in [0.5, 0.6) is 11.5 Å². The number of nitrogens with one attached hydrogen (secondary N) is 4. The number of nitrogens with zero attached hydrogens (tertiary/aromatic N) is 3. The van der Waals surface area contributed by atoms with Crippen LogP contribution in [0.25, 0.3) is 22.3 Å². The Balaban J connectivity index is 1.20. The van der Waals surface area contributed by atoms with E-state index in [0.717, 1.165) is 39.2 Å². The van der Waals surface area contributed by atoms with Crippen molar-refractivity contribution >= 4 is 28.2 Å². The number of aromatic amines is 2. The Kier molecular flexibility index (Phi) is 4.35. The molecule has 3 heterocycles. The number of aromatic nitrogens is 5. The number of ether oxygens (including phenoxy) is 2. The summed E-state index contributed by atoms with van der Waals surface area (Å²) in [6.45, 7) is 0.916. The minimum Gasteiger partial charge on any atom is -0.454 e. The Morgan fingerprint density at radius 1 is 0.938 bits per heavy atom. The van der Waals surface area contributed by atoms with E-state index in [4.69, 9.17) is 9.47 Å². The Labute approximate surface area is 182 Å². The van der Waals surface area contributed by atoms with Crippen molar-refractivity contribution in [1.29, 1.82) is 0 Å². The first-order valence-electron chi connectivity index (χ1n) is 10.2. The summed E-state index contributed by atoms with van der Waals surface area (Å²) in [7, 11) is 0. The summed E-state index contributed by atoms with van der Waals surface area (Å²) < 4.78 is 10.8. The quantitative estimate of drug-likeness (QED) is 0.318. The van der Waals surface area contributed by atoms with Crippen LogP contribution in [0.3, 0.4) is 0 Å². The van der Waals surface area contributed by atoms with Gasteiger partial charge in [0.15, 0.2) is 17.3 Å². The van der Waals surface area contributed by atoms with Gasteiger partial charge in [-0.05, 0) is 42.0 Å². The van der Waals surface area contributed by atoms with Crippen molar-refractivity contribution in [2.75, 3.05) is 17.4 Å². The van der Waals surface area contributed by atoms with E-state index in [2.05, 4.69) is 48.1 Å². The summed E-state index contributed by atoms with van der Waals surface area (Å²) in [6, 6.07) is 19.9. The number of hydrogen-bond acceptors (Lipinski definition) is 7. The van der Waals surface area contributed by atoms with Gasteiger partial charge < -0.3 is 25.1 Å². The SMILES string of the molecule is c1ccc(-c2nnc(Nc3ccc4c(c3)OCO4)[nH]2)c(NCc2ccc3[nH]ncc3c2)c1. The molecule has 3 aromatic carbocycles. The lowest BCUT2D eigenvalue weighted by Crippen LogP contribution is -2.01. The number of benzene rings is 3. The standard InChI is InChI=1S/C23H19N7O2/c1-2-4-19(24-11-14-5-7-18-15(9-14)12-25-28-18)17(3-1)22-27-23(30-29-22)26-16-6-8-20-21(10-16)32-13-31-20/h1-10,12,24H,11,13H2,(H,25,28)(H2,26,27,29,30). The summed E-state index contributed by atoms with van der Waals surface area (Å²) in [5.41, 5.74) is 4.92. The monoisotopic (exact) mass is 425 g/mol. The zero-order valence-corrected chi connectivity index (χ0v) is 16.9. The van der Waals surface area contributed by atoms with Crippen molar-refractivity contribution < 1.29 is 9.47 Å². The van der Waals surface area contributed by atoms with Crippen LogP contribution in [-0.2, 0) is 6.54 Å². The first-order valence-corrected chi connectivity index (χ1v) is 10.2. The molecule has 0 saturated carbocycles. The van der Waals surface area contributed by atoms with Crippen LogP contribution in [0.15, 0.2) is 66.9 Å². The van der Waals surface area contributed by atoms with Crippen LogP contribution in [-0.4, -0.2) is 32.2 Å². The topological polar surface area (TPSA) is 113 Å². The van der Waals surface area contributed by atoms with Crippen molar-refractivity contribution in [3.05, 3.63) is 72.4 Å². The van der Waals surface area contributed by atoms with E-state index in [-0.39, 0.29) is 6.79 Å². The minimum atomic E-state index is 0.241. The van der Waals surface area contributed by atoms with E-state index < -0.39 is 0 Å². The highest BCUT2D eigenvalue weighted by molar-refractivity contribution is 5.79. The molecule has 9 heteroatoms. The van der Waals surface area contributed by atoms with Gasteiger partial charge in [0.05, 0.1) is 11.7 Å². The van der Waals surface area contributed by atoms with E-state index in [1.807, 2.05) is 54.7 Å². The third-order valence-corrected chi connectivity index (χ3v) is 5.29. The first-order chi connectivity index (χ1) is 15.8. The Hall–Kier alpha value is -4.53. The molecule has 6 rings (SSSR count). The van der Waals surface area contributed by atoms with Gasteiger partial charge in [0, 0.05) is 34.9 Å². The molecule has 0 amide bonds. The molecule has 0 spiro atoms. The maximum atomic E-state index is 5.43. The van der Waals surface area contributed by atoms with Gasteiger partial charge in [-0.1, -0.05) is 18.2 Å². The van der Waals surface area contributed by atoms with Crippen LogP contribution in [0.4, 0.5) is 17.3 Å². The highest BCUT2D eigenvalue weighted by atomic mass is 16.7. The molecule has 2 aromatic heterocycles. The minimum absolute atomic E-state index is 0.241. The fourth-order valence-corrected chi connectivity index (χ4v) is 3.69. The van der Waals surface area contributed by atoms with Gasteiger partial charge in [-0.3, -0.25) is 5.10 Å². The highest BCUT2D eigenvalue weighted by Gasteiger charge is 2.15. The molecule has 5 aromatic rings. The smallest absolute Gasteiger partial charge is 0.231 e. The lowest BCUT2D eigenvalue weighted by Gasteiger charge is -2.10. The van der Waals surface area contributed by atoms with Crippen molar-refractivity contribution in [3.8, 4) is 22.9 Å². The van der Waals surface area contributed by atoms with E-state index >= 15 is 0 Å². The van der Waals surface area contributed by atoms with E-state index in [0.29, 0.717) is 24.1 Å². The van der Waals surface area contributed by atoms with Gasteiger partial charge in [-0.2, -0.15) is 5.10 Å². The fraction of sp³-hybridized carbons (Fsp3) is 0.0870. The van der Waals surface area contributed by atoms with Gasteiger partial charge in [0.2, 0.25) is 12.7 Å². The third-order valence-electron chi connectivity index (χ3n) is 5.29. The van der Waals surface area contributed by atoms with Crippen LogP contribution >= 0.6 is 0 Å². The zero-order chi connectivity index (χ0) is 21.3. The molecule has 0 saturated heterocycles. The Morgan fingerprint density at radius 2 is 1.88 bits per heavy atom. The van der Waals surface area contributed by atoms with E-state index in [9.17, 15) is 0 Å². The van der Waals surface area contributed by atoms with Crippen LogP contribution in [0, 0.1) is 0 Å². The molecular formula is C23H19N7O2. The first kappa shape index (κ1) is 18.3. The number of para-hydroxylation sites is 1. The molecule has 4 N–H and O–H groups in total. The molecule has 9 nitrogen and oxygen atoms in total. The predicted octanol–water partition coefficient (Wildman–Crippen LogP) is 4.43. The second-order valence-electron chi connectivity index (χ2n) is 7.41. The van der Waals surface area contributed by atoms with Crippen molar-refractivity contribution in [3.63, 3.8) is 0 Å². The number of hydrogen-bond donors (Lipinski definition) is 4. The Bertz CT molecular complexity index is 1410. The normalized spacial score (nSPS) is 12.2. The number of fused-ring (bicyclic) bond motifs is 2. The summed E-state index contributed by atoms with van der Waals surface area (Å²) >= 11 is 0. The lowest BCUT2D eigenvalue weighted by molar-refractivity contribution is 0.174. The van der Waals surface area contributed by atoms with Crippen molar-refractivity contribution in [2.24, 2.45) is 0 Å². The van der Waals surface area contributed by atoms with Gasteiger partial charge >= 0.3 is 0 Å². The molecular weight excluding hydrogens is 406 g/mol. The summed E-state index contributed by atoms with van der Waals surface area (Å²) in [6.07, 6.45) is 1.83. The predicted molar refractivity (Wildman–Crippen MR) is 121 cm³/mol. The number of H-pyrrole nitrogens is 2. The maximum Gasteiger partial charge on any atom is 0.231 e. The molecule has 0 radical (unpaired) electrons. The highest BCUT2D eigenvalue weighted by Crippen LogP contribution is 2.35. The number of rotatable bonds is 6. The third kappa shape index (κ3) is 3.45. The molecule has 1 aliphatic rings. The van der Waals surface area contributed by atoms with Gasteiger partial charge in [-0.25, -0.2) is 0 Å². The number of anilines is 3. The van der Waals surface area contributed by atoms with Crippen LogP contribution in [0.2, 0.25) is 0 Å². The van der Waals surface area contributed by atoms with Gasteiger partial charge in [0.25, 0.3) is 0 Å². The molecule has 0 unspecified atom stereocenters. The largest absolute Gasteiger partial charge is 0.454 e. The molecule has 32 heavy (non-hydrogen) atoms. The average Bonchev–Trinajstić information content (AvgIpc) is 3.58. The van der Waals surface area contributed by atoms with Crippen molar-refractivity contribution in [2.45, 2.75) is 6.54 Å². The molecule has 0 atom stereocenters. The summed E-state index contributed by atoms with van der Waals surface area (Å²) in [5.74, 6) is 2.65. The molecule has 0 fully saturated rings. The summed E-state index contributed by atoms with van der Waals surface area (Å²) in [4.78, 5) is 3.25. The molecule has 1 aliphatic heterocycles. The van der Waals surface area contributed by atoms with Gasteiger partial charge in [0.1, 0.15) is 0 Å². The van der Waals surface area contributed by atoms with E-state index in [1.165, 1.54) is 0 Å². The maximum absolute atomic E-state index is 5.43. The molecule has 0 aliphatic carbocycles. The van der Waals surface area contributed by atoms with Gasteiger partial charge in [-0.15, -0.1) is 10.2 Å². The summed E-state index contributed by atoms with van der Waals surface area (Å²) in [5, 5.41) is 23.4. The molecule has 158 valence electrons. The average molecular weight is 425 g/mol. The molecule has 0 bridgehead atoms. The van der Waals surface area contributed by atoms with Crippen LogP contribution in [0.1, 0.15) is 5.56 Å². The van der Waals surface area contributed by atoms with E-state index in [1.54, 1.807) is 0 Å². The second-order valence-corrected chi connectivity index (χ2v) is 7.41. The fourth-order valence-electron chi connectivity index (χ4n) is 3.69. The lowest BCUT2D eigenvalue weighted by atomic mass is 10.1.